The number of hydrogen-bond acceptors (Lipinski definition) is 0. The first-order valence-corrected chi connectivity index (χ1v) is 3.42. The van der Waals surface area contributed by atoms with Crippen LogP contribution in [0.15, 0.2) is 0 Å². The Bertz CT molecular complexity index is 79.2. The molecule has 0 rings (SSSR count). The molecular formula is B2NiZr. The summed E-state index contributed by atoms with van der Waals surface area (Å²) in [6.45, 7) is 0. The van der Waals surface area contributed by atoms with E-state index in [0.717, 1.165) is 0 Å². The van der Waals surface area contributed by atoms with Gasteiger partial charge in [0.25, 0.3) is 0 Å². The molecule has 0 fully saturated rings. The molecule has 4 heavy (non-hydrogen) atoms. The van der Waals surface area contributed by atoms with Crippen LogP contribution in [0.2, 0.25) is 0 Å². The van der Waals surface area contributed by atoms with Crippen molar-refractivity contribution in [3.8, 4) is 0 Å². The first-order chi connectivity index (χ1) is 1.41. The first-order valence-electron chi connectivity index (χ1n) is 0.577. The number of hydrogen-bond donors (Lipinski definition) is 0. The third-order valence-electron chi connectivity index (χ3n) is 0. The molecule has 0 radical (unpaired) electrons. The maximum absolute atomic E-state index is 4.80. The van der Waals surface area contributed by atoms with Crippen molar-refractivity contribution >= 4 is 9.45 Å². The topological polar surface area (TPSA) is 0 Å². The third kappa shape index (κ3) is 9.71. The van der Waals surface area contributed by atoms with Gasteiger partial charge < -0.3 is 0 Å². The molecular weight excluding hydrogens is 172 g/mol. The van der Waals surface area contributed by atoms with E-state index >= 15 is 0 Å². The van der Waals surface area contributed by atoms with Crippen molar-refractivity contribution in [2.75, 3.05) is 0 Å². The van der Waals surface area contributed by atoms with Crippen LogP contribution in [-0.4, -0.2) is 9.45 Å². The Morgan fingerprint density at radius 2 is 1.25 bits per heavy atom. The molecule has 0 aliphatic rings. The maximum atomic E-state index is 4.80. The Labute approximate surface area is 47.1 Å². The van der Waals surface area contributed by atoms with Crippen molar-refractivity contribution < 1.29 is 37.8 Å². The average molecular weight is 172 g/mol. The maximum Gasteiger partial charge on any atom is 0 e. The van der Waals surface area contributed by atoms with Crippen LogP contribution < -0.4 is 0 Å². The van der Waals surface area contributed by atoms with Gasteiger partial charge in [0, 0.05) is 16.5 Å². The predicted octanol–water partition coefficient (Wildman–Crippen LogP) is -0.767. The molecule has 0 N–H and O–H groups in total. The standard InChI is InChI=1S/2B.Ni.Zr. The predicted molar refractivity (Wildman–Crippen MR) is 11.5 cm³/mol. The second-order valence-electron chi connectivity index (χ2n) is 0.167. The van der Waals surface area contributed by atoms with Crippen LogP contribution in [0.3, 0.4) is 0 Å². The zero-order valence-corrected chi connectivity index (χ0v) is 5.42. The second kappa shape index (κ2) is 8.82. The van der Waals surface area contributed by atoms with Crippen molar-refractivity contribution in [2.45, 2.75) is 0 Å². The smallest absolute Gasteiger partial charge is 0 e. The molecule has 0 amide bonds. The molecule has 0 saturated heterocycles. The van der Waals surface area contributed by atoms with E-state index in [9.17, 15) is 0 Å². The molecule has 0 aliphatic carbocycles. The van der Waals surface area contributed by atoms with Gasteiger partial charge in [-0.05, 0) is 0 Å². The minimum atomic E-state index is -0.770. The van der Waals surface area contributed by atoms with Gasteiger partial charge in [-0.15, -0.1) is 0 Å². The van der Waals surface area contributed by atoms with Crippen LogP contribution in [0, 0.1) is 0 Å². The van der Waals surface area contributed by atoms with Gasteiger partial charge in [-0.1, -0.05) is 0 Å². The Balaban J connectivity index is 0. The fraction of sp³-hybridized carbons (Fsp3) is 0. The Morgan fingerprint density at radius 1 is 1.25 bits per heavy atom. The van der Waals surface area contributed by atoms with Gasteiger partial charge in [0.1, 0.15) is 0 Å². The van der Waals surface area contributed by atoms with E-state index in [1.165, 1.54) is 0 Å². The monoisotopic (exact) mass is 170 g/mol. The molecule has 0 aromatic rings. The fourth-order valence-corrected chi connectivity index (χ4v) is 0. The van der Waals surface area contributed by atoms with Gasteiger partial charge in [0.15, 0.2) is 0 Å². The molecule has 0 saturated carbocycles. The van der Waals surface area contributed by atoms with E-state index in [1.807, 2.05) is 0 Å². The molecule has 4 heteroatoms. The van der Waals surface area contributed by atoms with Gasteiger partial charge in [-0.25, -0.2) is 0 Å². The van der Waals surface area contributed by atoms with E-state index in [1.54, 1.807) is 0 Å². The molecule has 20 valence electrons. The van der Waals surface area contributed by atoms with Gasteiger partial charge in [-0.3, -0.25) is 0 Å². The Kier molecular flexibility index (Phi) is 20.1. The summed E-state index contributed by atoms with van der Waals surface area (Å²) in [6, 6.07) is 0. The molecule has 0 aliphatic heterocycles. The van der Waals surface area contributed by atoms with E-state index in [0.29, 0.717) is 0 Å². The molecule has 0 bridgehead atoms. The summed E-state index contributed by atoms with van der Waals surface area (Å²) in [5, 5.41) is 0. The minimum Gasteiger partial charge on any atom is 0 e. The zero-order chi connectivity index (χ0) is 2.71. The quantitative estimate of drug-likeness (QED) is 0.420. The summed E-state index contributed by atoms with van der Waals surface area (Å²) in [5.41, 5.74) is 0. The van der Waals surface area contributed by atoms with Crippen LogP contribution >= 0.6 is 0 Å². The average Bonchev–Trinajstić information content (AvgIpc) is 0.918. The minimum absolute atomic E-state index is 0. The number of rotatable bonds is 0. The van der Waals surface area contributed by atoms with E-state index in [-0.39, 0.29) is 16.5 Å². The van der Waals surface area contributed by atoms with Crippen molar-refractivity contribution in [3.63, 3.8) is 0 Å². The largest absolute Gasteiger partial charge is 0 e. The molecule has 0 aromatic carbocycles. The van der Waals surface area contributed by atoms with Crippen LogP contribution in [0.25, 0.3) is 0 Å². The van der Waals surface area contributed by atoms with Crippen molar-refractivity contribution in [2.24, 2.45) is 0 Å². The van der Waals surface area contributed by atoms with Crippen LogP contribution in [0.4, 0.5) is 0 Å². The van der Waals surface area contributed by atoms with Crippen molar-refractivity contribution in [1.82, 2.24) is 0 Å². The summed E-state index contributed by atoms with van der Waals surface area (Å²) in [4.78, 5) is 0. The summed E-state index contributed by atoms with van der Waals surface area (Å²) >= 11 is -0.770. The van der Waals surface area contributed by atoms with E-state index in [4.69, 9.17) is 9.45 Å². The molecule has 0 spiro atoms. The first kappa shape index (κ1) is 9.10. The second-order valence-corrected chi connectivity index (χ2v) is 0.986. The van der Waals surface area contributed by atoms with Crippen molar-refractivity contribution in [3.05, 3.63) is 0 Å². The van der Waals surface area contributed by atoms with Gasteiger partial charge in [0.2, 0.25) is 0 Å². The molecule has 0 aromatic heterocycles. The van der Waals surface area contributed by atoms with Gasteiger partial charge >= 0.3 is 30.8 Å². The fourth-order valence-electron chi connectivity index (χ4n) is 0. The van der Waals surface area contributed by atoms with Gasteiger partial charge in [-0.2, -0.15) is 0 Å². The third-order valence-corrected chi connectivity index (χ3v) is 0. The van der Waals surface area contributed by atoms with Crippen LogP contribution in [0.1, 0.15) is 0 Å². The summed E-state index contributed by atoms with van der Waals surface area (Å²) in [6.07, 6.45) is 0. The van der Waals surface area contributed by atoms with E-state index in [2.05, 4.69) is 0 Å². The van der Waals surface area contributed by atoms with Crippen LogP contribution in [-0.2, 0) is 37.8 Å². The molecule has 0 heterocycles. The van der Waals surface area contributed by atoms with Crippen molar-refractivity contribution in [1.29, 1.82) is 0 Å². The SMILES string of the molecule is [B]#[Zr]#[B].[Ni]. The summed E-state index contributed by atoms with van der Waals surface area (Å²) < 4.78 is 9.59. The summed E-state index contributed by atoms with van der Waals surface area (Å²) in [5.74, 6) is 0. The summed E-state index contributed by atoms with van der Waals surface area (Å²) in [7, 11) is 0. The normalized spacial score (nSPS) is 6.00. The molecule has 0 nitrogen and oxygen atoms in total. The zero-order valence-electron chi connectivity index (χ0n) is 1.97. The van der Waals surface area contributed by atoms with Crippen LogP contribution in [0.5, 0.6) is 0 Å². The van der Waals surface area contributed by atoms with Gasteiger partial charge in [0.05, 0.1) is 0 Å². The molecule has 0 unspecified atom stereocenters. The van der Waals surface area contributed by atoms with E-state index < -0.39 is 21.3 Å². The Hall–Kier alpha value is 1.51. The molecule has 0 atom stereocenters. The Morgan fingerprint density at radius 3 is 1.25 bits per heavy atom.